The number of benzene rings is 2. The summed E-state index contributed by atoms with van der Waals surface area (Å²) < 4.78 is 1.89. The van der Waals surface area contributed by atoms with Gasteiger partial charge in [0.25, 0.3) is 0 Å². The molecule has 1 saturated heterocycles. The van der Waals surface area contributed by atoms with E-state index in [1.807, 2.05) is 65.5 Å². The van der Waals surface area contributed by atoms with Gasteiger partial charge in [0.05, 0.1) is 17.3 Å². The van der Waals surface area contributed by atoms with Gasteiger partial charge in [0, 0.05) is 35.4 Å². The molecule has 0 radical (unpaired) electrons. The first-order chi connectivity index (χ1) is 13.6. The summed E-state index contributed by atoms with van der Waals surface area (Å²) in [5.74, 6) is -1.00. The normalized spacial score (nSPS) is 17.5. The first kappa shape index (κ1) is 18.7. The maximum atomic E-state index is 11.4. The topological polar surface area (TPSA) is 58.4 Å². The molecular formula is C22H22ClN3O2. The Morgan fingerprint density at radius 1 is 1.14 bits per heavy atom. The second kappa shape index (κ2) is 8.17. The van der Waals surface area contributed by atoms with Gasteiger partial charge in [-0.05, 0) is 43.7 Å². The molecule has 1 fully saturated rings. The molecule has 0 aliphatic carbocycles. The molecule has 144 valence electrons. The zero-order chi connectivity index (χ0) is 19.5. The van der Waals surface area contributed by atoms with E-state index in [1.54, 1.807) is 0 Å². The van der Waals surface area contributed by atoms with E-state index in [1.165, 1.54) is 0 Å². The molecule has 1 unspecified atom stereocenters. The van der Waals surface area contributed by atoms with E-state index in [9.17, 15) is 9.90 Å². The van der Waals surface area contributed by atoms with Gasteiger partial charge in [-0.1, -0.05) is 41.9 Å². The second-order valence-corrected chi connectivity index (χ2v) is 7.64. The Hall–Kier alpha value is -2.63. The molecule has 1 N–H and O–H groups in total. The molecule has 5 nitrogen and oxygen atoms in total. The molecule has 2 aromatic carbocycles. The van der Waals surface area contributed by atoms with Gasteiger partial charge in [0.2, 0.25) is 0 Å². The molecule has 2 heterocycles. The van der Waals surface area contributed by atoms with Crippen LogP contribution in [0.5, 0.6) is 0 Å². The number of aromatic nitrogens is 2. The number of likely N-dealkylation sites (tertiary alicyclic amines) is 1. The number of para-hydroxylation sites is 1. The van der Waals surface area contributed by atoms with E-state index in [-0.39, 0.29) is 5.92 Å². The van der Waals surface area contributed by atoms with Crippen molar-refractivity contribution in [3.8, 4) is 16.9 Å². The van der Waals surface area contributed by atoms with Crippen molar-refractivity contribution in [1.82, 2.24) is 14.7 Å². The summed E-state index contributed by atoms with van der Waals surface area (Å²) in [5.41, 5.74) is 3.97. The van der Waals surface area contributed by atoms with Crippen LogP contribution in [0, 0.1) is 5.92 Å². The van der Waals surface area contributed by atoms with Crippen LogP contribution in [0.2, 0.25) is 5.02 Å². The number of carbonyl (C=O) groups is 1. The van der Waals surface area contributed by atoms with Crippen LogP contribution in [-0.4, -0.2) is 38.8 Å². The quantitative estimate of drug-likeness (QED) is 0.691. The fourth-order valence-electron chi connectivity index (χ4n) is 3.73. The minimum Gasteiger partial charge on any atom is -0.481 e. The van der Waals surface area contributed by atoms with E-state index in [0.29, 0.717) is 18.1 Å². The Bertz CT molecular complexity index is 954. The summed E-state index contributed by atoms with van der Waals surface area (Å²) in [5, 5.41) is 14.9. The number of hydrogen-bond acceptors (Lipinski definition) is 3. The zero-order valence-electron chi connectivity index (χ0n) is 15.5. The Morgan fingerprint density at radius 3 is 2.61 bits per heavy atom. The molecular weight excluding hydrogens is 374 g/mol. The monoisotopic (exact) mass is 395 g/mol. The molecule has 0 spiro atoms. The first-order valence-electron chi connectivity index (χ1n) is 9.45. The van der Waals surface area contributed by atoms with Gasteiger partial charge in [0.1, 0.15) is 0 Å². The highest BCUT2D eigenvalue weighted by Crippen LogP contribution is 2.28. The number of nitrogens with zero attached hydrogens (tertiary/aromatic N) is 3. The molecule has 1 aliphatic rings. The number of rotatable bonds is 5. The van der Waals surface area contributed by atoms with Crippen LogP contribution < -0.4 is 0 Å². The average molecular weight is 396 g/mol. The van der Waals surface area contributed by atoms with Crippen molar-refractivity contribution >= 4 is 17.6 Å². The molecule has 1 atom stereocenters. The lowest BCUT2D eigenvalue weighted by atomic mass is 9.97. The molecule has 1 aromatic heterocycles. The highest BCUT2D eigenvalue weighted by molar-refractivity contribution is 6.30. The third-order valence-corrected chi connectivity index (χ3v) is 5.43. The minimum absolute atomic E-state index is 0.295. The van der Waals surface area contributed by atoms with Crippen LogP contribution in [0.4, 0.5) is 0 Å². The zero-order valence-corrected chi connectivity index (χ0v) is 16.2. The van der Waals surface area contributed by atoms with E-state index in [0.717, 1.165) is 41.9 Å². The van der Waals surface area contributed by atoms with Gasteiger partial charge < -0.3 is 5.11 Å². The maximum absolute atomic E-state index is 11.4. The number of carboxylic acid groups (broad SMARTS) is 1. The molecule has 6 heteroatoms. The van der Waals surface area contributed by atoms with Crippen LogP contribution in [0.1, 0.15) is 18.4 Å². The second-order valence-electron chi connectivity index (χ2n) is 7.20. The number of piperidine rings is 1. The van der Waals surface area contributed by atoms with Crippen LogP contribution in [0.15, 0.2) is 60.8 Å². The minimum atomic E-state index is -0.706. The smallest absolute Gasteiger partial charge is 0.307 e. The number of aliphatic carboxylic acids is 1. The summed E-state index contributed by atoms with van der Waals surface area (Å²) in [6, 6.07) is 17.7. The maximum Gasteiger partial charge on any atom is 0.307 e. The average Bonchev–Trinajstić information content (AvgIpc) is 3.13. The fourth-order valence-corrected chi connectivity index (χ4v) is 3.86. The predicted molar refractivity (Wildman–Crippen MR) is 110 cm³/mol. The van der Waals surface area contributed by atoms with Crippen molar-refractivity contribution < 1.29 is 9.90 Å². The van der Waals surface area contributed by atoms with E-state index >= 15 is 0 Å². The molecule has 0 bridgehead atoms. The lowest BCUT2D eigenvalue weighted by Crippen LogP contribution is -2.38. The number of halogens is 1. The van der Waals surface area contributed by atoms with Gasteiger partial charge in [-0.15, -0.1) is 0 Å². The Labute approximate surface area is 169 Å². The molecule has 4 rings (SSSR count). The summed E-state index contributed by atoms with van der Waals surface area (Å²) >= 11 is 6.05. The van der Waals surface area contributed by atoms with Crippen molar-refractivity contribution in [2.45, 2.75) is 19.4 Å². The summed E-state index contributed by atoms with van der Waals surface area (Å²) in [6.07, 6.45) is 3.70. The van der Waals surface area contributed by atoms with Crippen LogP contribution in [-0.2, 0) is 11.3 Å². The highest BCUT2D eigenvalue weighted by atomic mass is 35.5. The largest absolute Gasteiger partial charge is 0.481 e. The Morgan fingerprint density at radius 2 is 1.89 bits per heavy atom. The lowest BCUT2D eigenvalue weighted by molar-refractivity contribution is -0.143. The van der Waals surface area contributed by atoms with Crippen molar-refractivity contribution in [2.75, 3.05) is 13.1 Å². The Balaban J connectivity index is 1.67. The Kier molecular flexibility index (Phi) is 5.46. The third kappa shape index (κ3) is 4.11. The molecule has 28 heavy (non-hydrogen) atoms. The van der Waals surface area contributed by atoms with Gasteiger partial charge in [-0.2, -0.15) is 5.10 Å². The molecule has 0 amide bonds. The summed E-state index contributed by atoms with van der Waals surface area (Å²) in [4.78, 5) is 13.6. The van der Waals surface area contributed by atoms with Crippen molar-refractivity contribution in [1.29, 1.82) is 0 Å². The van der Waals surface area contributed by atoms with Gasteiger partial charge >= 0.3 is 5.97 Å². The van der Waals surface area contributed by atoms with Gasteiger partial charge in [0.15, 0.2) is 0 Å². The standard InChI is InChI=1S/C22H22ClN3O2/c23-19-10-8-16(9-11-19)21-18(14-25-12-4-5-17(13-25)22(27)28)15-26(24-21)20-6-2-1-3-7-20/h1-3,6-11,15,17H,4-5,12-14H2,(H,27,28). The number of hydrogen-bond donors (Lipinski definition) is 1. The molecule has 1 aliphatic heterocycles. The van der Waals surface area contributed by atoms with Crippen molar-refractivity contribution in [3.05, 3.63) is 71.4 Å². The van der Waals surface area contributed by atoms with Gasteiger partial charge in [-0.3, -0.25) is 9.69 Å². The predicted octanol–water partition coefficient (Wildman–Crippen LogP) is 4.49. The SMILES string of the molecule is O=C(O)C1CCCN(Cc2cn(-c3ccccc3)nc2-c2ccc(Cl)cc2)C1. The van der Waals surface area contributed by atoms with E-state index < -0.39 is 5.97 Å². The van der Waals surface area contributed by atoms with Crippen LogP contribution in [0.3, 0.4) is 0 Å². The summed E-state index contributed by atoms with van der Waals surface area (Å²) in [6.45, 7) is 2.15. The highest BCUT2D eigenvalue weighted by Gasteiger charge is 2.26. The van der Waals surface area contributed by atoms with Crippen molar-refractivity contribution in [3.63, 3.8) is 0 Å². The first-order valence-corrected chi connectivity index (χ1v) is 9.83. The van der Waals surface area contributed by atoms with Crippen LogP contribution in [0.25, 0.3) is 16.9 Å². The molecule has 0 saturated carbocycles. The van der Waals surface area contributed by atoms with Gasteiger partial charge in [-0.25, -0.2) is 4.68 Å². The molecule has 3 aromatic rings. The lowest BCUT2D eigenvalue weighted by Gasteiger charge is -2.30. The van der Waals surface area contributed by atoms with E-state index in [2.05, 4.69) is 4.90 Å². The fraction of sp³-hybridized carbons (Fsp3) is 0.273. The summed E-state index contributed by atoms with van der Waals surface area (Å²) in [7, 11) is 0. The van der Waals surface area contributed by atoms with E-state index in [4.69, 9.17) is 16.7 Å². The van der Waals surface area contributed by atoms with Crippen molar-refractivity contribution in [2.24, 2.45) is 5.92 Å². The van der Waals surface area contributed by atoms with Crippen LogP contribution >= 0.6 is 11.6 Å². The number of carboxylic acids is 1. The third-order valence-electron chi connectivity index (χ3n) is 5.18.